The average Bonchev–Trinajstić information content (AvgIpc) is 2.26. The smallest absolute Gasteiger partial charge is 0.227 e. The van der Waals surface area contributed by atoms with E-state index in [1.807, 2.05) is 13.8 Å². The molecule has 0 aliphatic rings. The van der Waals surface area contributed by atoms with Crippen molar-refractivity contribution < 1.29 is 4.79 Å². The second kappa shape index (κ2) is 6.62. The van der Waals surface area contributed by atoms with Crippen molar-refractivity contribution in [1.82, 2.24) is 20.3 Å². The van der Waals surface area contributed by atoms with Crippen LogP contribution in [0.4, 0.5) is 11.9 Å². The minimum absolute atomic E-state index is 0.00762. The Bertz CT molecular complexity index is 368. The van der Waals surface area contributed by atoms with E-state index >= 15 is 0 Å². The van der Waals surface area contributed by atoms with Crippen LogP contribution in [0.1, 0.15) is 20.3 Å². The highest BCUT2D eigenvalue weighted by Gasteiger charge is 2.03. The predicted molar refractivity (Wildman–Crippen MR) is 65.2 cm³/mol. The number of aromatic nitrogens is 3. The molecule has 0 bridgehead atoms. The number of hydrogen-bond donors (Lipinski definition) is 3. The minimum Gasteiger partial charge on any atom is -0.368 e. The Morgan fingerprint density at radius 1 is 1.47 bits per heavy atom. The molecule has 1 amide bonds. The Balaban J connectivity index is 2.21. The normalized spacial score (nSPS) is 10.3. The molecular formula is C10H18N6O. The minimum atomic E-state index is 0.00762. The van der Waals surface area contributed by atoms with E-state index in [1.54, 1.807) is 0 Å². The Kier molecular flexibility index (Phi) is 5.12. The molecule has 0 aliphatic heterocycles. The van der Waals surface area contributed by atoms with Gasteiger partial charge in [0.1, 0.15) is 6.33 Å². The van der Waals surface area contributed by atoms with Crippen molar-refractivity contribution in [2.45, 2.75) is 20.3 Å². The fraction of sp³-hybridized carbons (Fsp3) is 0.600. The van der Waals surface area contributed by atoms with Crippen molar-refractivity contribution >= 4 is 17.8 Å². The maximum Gasteiger partial charge on any atom is 0.227 e. The van der Waals surface area contributed by atoms with E-state index in [2.05, 4.69) is 25.6 Å². The van der Waals surface area contributed by atoms with Crippen LogP contribution < -0.4 is 16.4 Å². The van der Waals surface area contributed by atoms with E-state index < -0.39 is 0 Å². The lowest BCUT2D eigenvalue weighted by atomic mass is 10.2. The van der Waals surface area contributed by atoms with E-state index in [0.29, 0.717) is 31.4 Å². The van der Waals surface area contributed by atoms with Crippen LogP contribution in [-0.4, -0.2) is 33.9 Å². The van der Waals surface area contributed by atoms with E-state index in [-0.39, 0.29) is 11.9 Å². The molecule has 4 N–H and O–H groups in total. The molecule has 0 unspecified atom stereocenters. The number of carbonyl (C=O) groups excluding carboxylic acids is 1. The lowest BCUT2D eigenvalue weighted by molar-refractivity contribution is -0.120. The molecule has 1 aromatic heterocycles. The number of rotatable bonds is 6. The van der Waals surface area contributed by atoms with Crippen LogP contribution in [0.25, 0.3) is 0 Å². The third kappa shape index (κ3) is 5.64. The summed E-state index contributed by atoms with van der Waals surface area (Å²) in [7, 11) is 0. The first-order valence-electron chi connectivity index (χ1n) is 5.53. The van der Waals surface area contributed by atoms with Crippen molar-refractivity contribution in [1.29, 1.82) is 0 Å². The highest BCUT2D eigenvalue weighted by molar-refractivity contribution is 5.76. The zero-order chi connectivity index (χ0) is 12.7. The number of nitrogens with one attached hydrogen (secondary N) is 2. The first-order valence-corrected chi connectivity index (χ1v) is 5.53. The summed E-state index contributed by atoms with van der Waals surface area (Å²) in [6.07, 6.45) is 1.70. The second-order valence-electron chi connectivity index (χ2n) is 4.04. The van der Waals surface area contributed by atoms with E-state index in [1.165, 1.54) is 6.33 Å². The van der Waals surface area contributed by atoms with Crippen LogP contribution >= 0.6 is 0 Å². The third-order valence-corrected chi connectivity index (χ3v) is 1.93. The van der Waals surface area contributed by atoms with Gasteiger partial charge in [0.2, 0.25) is 17.8 Å². The predicted octanol–water partition coefficient (Wildman–Crippen LogP) is 0.0280. The van der Waals surface area contributed by atoms with Crippen LogP contribution in [0, 0.1) is 5.92 Å². The molecule has 1 rings (SSSR count). The number of amides is 1. The monoisotopic (exact) mass is 238 g/mol. The Morgan fingerprint density at radius 3 is 2.88 bits per heavy atom. The first-order chi connectivity index (χ1) is 8.08. The SMILES string of the molecule is CC(C)CNC(=O)CCNc1ncnc(N)n1. The topological polar surface area (TPSA) is 106 Å². The summed E-state index contributed by atoms with van der Waals surface area (Å²) >= 11 is 0. The Morgan fingerprint density at radius 2 is 2.24 bits per heavy atom. The molecule has 17 heavy (non-hydrogen) atoms. The number of anilines is 2. The van der Waals surface area contributed by atoms with E-state index in [9.17, 15) is 4.79 Å². The molecule has 0 saturated carbocycles. The summed E-state index contributed by atoms with van der Waals surface area (Å²) in [6, 6.07) is 0. The average molecular weight is 238 g/mol. The van der Waals surface area contributed by atoms with Gasteiger partial charge in [-0.25, -0.2) is 9.97 Å². The van der Waals surface area contributed by atoms with Gasteiger partial charge in [0.15, 0.2) is 0 Å². The van der Waals surface area contributed by atoms with Crippen molar-refractivity contribution in [3.8, 4) is 0 Å². The van der Waals surface area contributed by atoms with Gasteiger partial charge in [0.05, 0.1) is 0 Å². The quantitative estimate of drug-likeness (QED) is 0.645. The largest absolute Gasteiger partial charge is 0.368 e. The van der Waals surface area contributed by atoms with Crippen molar-refractivity contribution in [3.05, 3.63) is 6.33 Å². The number of nitrogens with zero attached hydrogens (tertiary/aromatic N) is 3. The molecule has 7 heteroatoms. The molecule has 0 aliphatic carbocycles. The van der Waals surface area contributed by atoms with Gasteiger partial charge < -0.3 is 16.4 Å². The van der Waals surface area contributed by atoms with Gasteiger partial charge in [-0.1, -0.05) is 13.8 Å². The molecule has 0 radical (unpaired) electrons. The maximum atomic E-state index is 11.4. The van der Waals surface area contributed by atoms with Crippen LogP contribution in [0.2, 0.25) is 0 Å². The summed E-state index contributed by atoms with van der Waals surface area (Å²) in [5.74, 6) is 1.00. The maximum absolute atomic E-state index is 11.4. The molecule has 1 heterocycles. The molecular weight excluding hydrogens is 220 g/mol. The third-order valence-electron chi connectivity index (χ3n) is 1.93. The van der Waals surface area contributed by atoms with Crippen LogP contribution in [0.5, 0.6) is 0 Å². The number of nitrogen functional groups attached to an aromatic ring is 1. The second-order valence-corrected chi connectivity index (χ2v) is 4.04. The van der Waals surface area contributed by atoms with Gasteiger partial charge in [-0.2, -0.15) is 4.98 Å². The molecule has 0 atom stereocenters. The number of nitrogens with two attached hydrogens (primary N) is 1. The molecule has 0 aromatic carbocycles. The lowest BCUT2D eigenvalue weighted by Crippen LogP contribution is -2.28. The number of carbonyl (C=O) groups is 1. The zero-order valence-corrected chi connectivity index (χ0v) is 10.1. The summed E-state index contributed by atoms with van der Waals surface area (Å²) in [5, 5.41) is 5.72. The molecule has 94 valence electrons. The van der Waals surface area contributed by atoms with Crippen LogP contribution in [0.3, 0.4) is 0 Å². The van der Waals surface area contributed by atoms with Gasteiger partial charge in [-0.05, 0) is 5.92 Å². The molecule has 0 saturated heterocycles. The molecule has 0 spiro atoms. The number of hydrogen-bond acceptors (Lipinski definition) is 6. The summed E-state index contributed by atoms with van der Waals surface area (Å²) in [5.41, 5.74) is 5.39. The first kappa shape index (κ1) is 13.1. The van der Waals surface area contributed by atoms with E-state index in [0.717, 1.165) is 0 Å². The highest BCUT2D eigenvalue weighted by Crippen LogP contribution is 1.97. The van der Waals surface area contributed by atoms with Crippen molar-refractivity contribution in [3.63, 3.8) is 0 Å². The van der Waals surface area contributed by atoms with Gasteiger partial charge in [0.25, 0.3) is 0 Å². The van der Waals surface area contributed by atoms with Crippen molar-refractivity contribution in [2.75, 3.05) is 24.1 Å². The molecule has 1 aromatic rings. The highest BCUT2D eigenvalue weighted by atomic mass is 16.1. The lowest BCUT2D eigenvalue weighted by Gasteiger charge is -2.08. The molecule has 7 nitrogen and oxygen atoms in total. The van der Waals surface area contributed by atoms with E-state index in [4.69, 9.17) is 5.73 Å². The van der Waals surface area contributed by atoms with Gasteiger partial charge >= 0.3 is 0 Å². The fourth-order valence-corrected chi connectivity index (χ4v) is 1.09. The van der Waals surface area contributed by atoms with Crippen LogP contribution in [0.15, 0.2) is 6.33 Å². The summed E-state index contributed by atoms with van der Waals surface area (Å²) in [6.45, 7) is 5.25. The van der Waals surface area contributed by atoms with Gasteiger partial charge in [-0.3, -0.25) is 4.79 Å². The van der Waals surface area contributed by atoms with Crippen molar-refractivity contribution in [2.24, 2.45) is 5.92 Å². The van der Waals surface area contributed by atoms with Crippen LogP contribution in [-0.2, 0) is 4.79 Å². The van der Waals surface area contributed by atoms with Gasteiger partial charge in [-0.15, -0.1) is 0 Å². The van der Waals surface area contributed by atoms with Gasteiger partial charge in [0, 0.05) is 19.5 Å². The molecule has 0 fully saturated rings. The zero-order valence-electron chi connectivity index (χ0n) is 10.1. The summed E-state index contributed by atoms with van der Waals surface area (Å²) < 4.78 is 0. The Hall–Kier alpha value is -1.92. The fourth-order valence-electron chi connectivity index (χ4n) is 1.09. The summed E-state index contributed by atoms with van der Waals surface area (Å²) in [4.78, 5) is 22.8. The Labute approximate surface area is 100 Å². The standard InChI is InChI=1S/C10H18N6O/c1-7(2)5-13-8(17)3-4-12-10-15-6-14-9(11)16-10/h6-7H,3-5H2,1-2H3,(H,13,17)(H3,11,12,14,15,16).